The number of aromatic nitrogens is 3. The lowest BCUT2D eigenvalue weighted by molar-refractivity contribution is 0.102. The maximum Gasteiger partial charge on any atom is 0.278 e. The lowest BCUT2D eigenvalue weighted by Gasteiger charge is -2.11. The molecule has 0 aliphatic carbocycles. The number of oxazole rings is 1. The van der Waals surface area contributed by atoms with E-state index >= 15 is 0 Å². The molecule has 8 nitrogen and oxygen atoms in total. The van der Waals surface area contributed by atoms with E-state index in [4.69, 9.17) is 14.9 Å². The molecule has 0 bridgehead atoms. The number of anilines is 1. The molecule has 2 aromatic heterocycles. The molecule has 1 aromatic carbocycles. The van der Waals surface area contributed by atoms with Gasteiger partial charge in [-0.3, -0.25) is 9.48 Å². The van der Waals surface area contributed by atoms with Crippen LogP contribution in [0.4, 0.5) is 5.82 Å². The van der Waals surface area contributed by atoms with E-state index in [0.29, 0.717) is 17.5 Å². The van der Waals surface area contributed by atoms with E-state index in [-0.39, 0.29) is 12.2 Å². The van der Waals surface area contributed by atoms with Crippen molar-refractivity contribution in [2.75, 3.05) is 12.4 Å². The van der Waals surface area contributed by atoms with Crippen LogP contribution < -0.4 is 15.8 Å². The maximum absolute atomic E-state index is 12.5. The summed E-state index contributed by atoms with van der Waals surface area (Å²) in [7, 11) is 3.36. The molecule has 2 heterocycles. The third-order valence-electron chi connectivity index (χ3n) is 3.79. The van der Waals surface area contributed by atoms with Gasteiger partial charge in [0, 0.05) is 12.6 Å². The van der Waals surface area contributed by atoms with Crippen LogP contribution in [0.5, 0.6) is 5.75 Å². The normalized spacial score (nSPS) is 10.7. The summed E-state index contributed by atoms with van der Waals surface area (Å²) in [4.78, 5) is 16.5. The number of para-hydroxylation sites is 1. The van der Waals surface area contributed by atoms with E-state index in [0.717, 1.165) is 16.8 Å². The number of hydrogen-bond donors (Lipinski definition) is 2. The average molecular weight is 341 g/mol. The van der Waals surface area contributed by atoms with Crippen molar-refractivity contribution in [3.8, 4) is 16.9 Å². The van der Waals surface area contributed by atoms with E-state index in [1.807, 2.05) is 31.2 Å². The number of amides is 1. The second-order valence-corrected chi connectivity index (χ2v) is 5.42. The molecule has 0 fully saturated rings. The molecule has 3 aromatic rings. The summed E-state index contributed by atoms with van der Waals surface area (Å²) in [6, 6.07) is 7.57. The lowest BCUT2D eigenvalue weighted by Crippen LogP contribution is -2.16. The molecule has 3 N–H and O–H groups in total. The van der Waals surface area contributed by atoms with Crippen LogP contribution in [-0.4, -0.2) is 27.8 Å². The van der Waals surface area contributed by atoms with Crippen molar-refractivity contribution < 1.29 is 13.9 Å². The Kier molecular flexibility index (Phi) is 4.53. The fourth-order valence-electron chi connectivity index (χ4n) is 2.66. The highest BCUT2D eigenvalue weighted by Gasteiger charge is 2.21. The van der Waals surface area contributed by atoms with Gasteiger partial charge in [0.2, 0.25) is 5.89 Å². The number of nitrogens with zero attached hydrogens (tertiary/aromatic N) is 3. The van der Waals surface area contributed by atoms with Gasteiger partial charge in [-0.1, -0.05) is 18.2 Å². The Balaban J connectivity index is 2.01. The average Bonchev–Trinajstić information content (AvgIpc) is 3.20. The largest absolute Gasteiger partial charge is 0.496 e. The lowest BCUT2D eigenvalue weighted by atomic mass is 10.0. The zero-order valence-corrected chi connectivity index (χ0v) is 14.2. The van der Waals surface area contributed by atoms with Crippen molar-refractivity contribution in [3.05, 3.63) is 47.8 Å². The first kappa shape index (κ1) is 16.7. The van der Waals surface area contributed by atoms with Gasteiger partial charge in [0.25, 0.3) is 5.91 Å². The van der Waals surface area contributed by atoms with Crippen molar-refractivity contribution in [2.45, 2.75) is 13.5 Å². The molecule has 3 rings (SSSR count). The second kappa shape index (κ2) is 6.78. The highest BCUT2D eigenvalue weighted by molar-refractivity contribution is 6.04. The first-order chi connectivity index (χ1) is 12.0. The summed E-state index contributed by atoms with van der Waals surface area (Å²) in [5.41, 5.74) is 8.01. The van der Waals surface area contributed by atoms with Gasteiger partial charge in [0.05, 0.1) is 24.9 Å². The number of methoxy groups -OCH3 is 1. The first-order valence-corrected chi connectivity index (χ1v) is 7.68. The topological polar surface area (TPSA) is 108 Å². The van der Waals surface area contributed by atoms with E-state index < -0.39 is 5.91 Å². The van der Waals surface area contributed by atoms with E-state index in [1.165, 1.54) is 6.26 Å². The Hall–Kier alpha value is -3.13. The van der Waals surface area contributed by atoms with E-state index in [2.05, 4.69) is 15.4 Å². The minimum absolute atomic E-state index is 0.130. The highest BCUT2D eigenvalue weighted by atomic mass is 16.5. The monoisotopic (exact) mass is 341 g/mol. The molecule has 0 atom stereocenters. The molecular weight excluding hydrogens is 322 g/mol. The van der Waals surface area contributed by atoms with Gasteiger partial charge in [-0.15, -0.1) is 0 Å². The van der Waals surface area contributed by atoms with Crippen LogP contribution in [0.1, 0.15) is 22.1 Å². The van der Waals surface area contributed by atoms with Gasteiger partial charge in [0.1, 0.15) is 17.8 Å². The predicted molar refractivity (Wildman–Crippen MR) is 92.3 cm³/mol. The van der Waals surface area contributed by atoms with Crippen LogP contribution in [0.3, 0.4) is 0 Å². The molecular formula is C17H19N5O3. The van der Waals surface area contributed by atoms with Crippen LogP contribution in [0.2, 0.25) is 0 Å². The van der Waals surface area contributed by atoms with Gasteiger partial charge >= 0.3 is 0 Å². The summed E-state index contributed by atoms with van der Waals surface area (Å²) in [5, 5.41) is 7.26. The van der Waals surface area contributed by atoms with E-state index in [1.54, 1.807) is 18.8 Å². The predicted octanol–water partition coefficient (Wildman–Crippen LogP) is 2.10. The van der Waals surface area contributed by atoms with Crippen LogP contribution in [0.25, 0.3) is 11.1 Å². The van der Waals surface area contributed by atoms with Crippen molar-refractivity contribution >= 4 is 11.7 Å². The minimum atomic E-state index is -0.400. The van der Waals surface area contributed by atoms with Crippen molar-refractivity contribution in [2.24, 2.45) is 12.8 Å². The summed E-state index contributed by atoms with van der Waals surface area (Å²) in [6.45, 7) is 2.00. The Morgan fingerprint density at radius 3 is 2.84 bits per heavy atom. The summed E-state index contributed by atoms with van der Waals surface area (Å²) < 4.78 is 12.2. The molecule has 0 unspecified atom stereocenters. The van der Waals surface area contributed by atoms with Crippen LogP contribution in [0, 0.1) is 6.92 Å². The molecule has 0 radical (unpaired) electrons. The Morgan fingerprint density at radius 1 is 1.40 bits per heavy atom. The Bertz CT molecular complexity index is 913. The van der Waals surface area contributed by atoms with E-state index in [9.17, 15) is 4.79 Å². The molecule has 0 spiro atoms. The molecule has 0 saturated carbocycles. The SMILES string of the molecule is COc1ccccc1-c1c(C)nn(C)c1NC(=O)c1coc(CN)n1. The van der Waals surface area contributed by atoms with Crippen LogP contribution in [-0.2, 0) is 13.6 Å². The van der Waals surface area contributed by atoms with Gasteiger partial charge < -0.3 is 20.2 Å². The summed E-state index contributed by atoms with van der Waals surface area (Å²) in [6.07, 6.45) is 1.28. The molecule has 1 amide bonds. The smallest absolute Gasteiger partial charge is 0.278 e. The zero-order chi connectivity index (χ0) is 18.0. The number of ether oxygens (including phenoxy) is 1. The number of carbonyl (C=O) groups is 1. The van der Waals surface area contributed by atoms with Crippen LogP contribution >= 0.6 is 0 Å². The number of aryl methyl sites for hydroxylation is 2. The molecule has 0 saturated heterocycles. The number of carbonyl (C=O) groups excluding carboxylic acids is 1. The summed E-state index contributed by atoms with van der Waals surface area (Å²) in [5.74, 6) is 1.14. The van der Waals surface area contributed by atoms with Gasteiger partial charge in [-0.25, -0.2) is 4.98 Å². The third-order valence-corrected chi connectivity index (χ3v) is 3.79. The van der Waals surface area contributed by atoms with Gasteiger partial charge in [-0.2, -0.15) is 5.10 Å². The third kappa shape index (κ3) is 3.11. The van der Waals surface area contributed by atoms with Gasteiger partial charge in [-0.05, 0) is 13.0 Å². The standard InChI is InChI=1S/C17H19N5O3/c1-10-15(11-6-4-5-7-13(11)24-3)16(22(2)21-10)20-17(23)12-9-25-14(8-18)19-12/h4-7,9H,8,18H2,1-3H3,(H,20,23). The van der Waals surface area contributed by atoms with Crippen LogP contribution in [0.15, 0.2) is 34.9 Å². The molecule has 0 aliphatic rings. The Morgan fingerprint density at radius 2 is 2.16 bits per heavy atom. The zero-order valence-electron chi connectivity index (χ0n) is 14.2. The van der Waals surface area contributed by atoms with Crippen molar-refractivity contribution in [1.82, 2.24) is 14.8 Å². The highest BCUT2D eigenvalue weighted by Crippen LogP contribution is 2.37. The van der Waals surface area contributed by atoms with Crippen molar-refractivity contribution in [3.63, 3.8) is 0 Å². The first-order valence-electron chi connectivity index (χ1n) is 7.68. The van der Waals surface area contributed by atoms with Gasteiger partial charge in [0.15, 0.2) is 5.69 Å². The molecule has 0 aliphatic heterocycles. The second-order valence-electron chi connectivity index (χ2n) is 5.42. The fourth-order valence-corrected chi connectivity index (χ4v) is 2.66. The maximum atomic E-state index is 12.5. The fraction of sp³-hybridized carbons (Fsp3) is 0.235. The number of hydrogen-bond acceptors (Lipinski definition) is 6. The number of benzene rings is 1. The molecule has 25 heavy (non-hydrogen) atoms. The molecule has 8 heteroatoms. The number of nitrogens with one attached hydrogen (secondary N) is 1. The quantitative estimate of drug-likeness (QED) is 0.736. The molecule has 130 valence electrons. The number of rotatable bonds is 5. The van der Waals surface area contributed by atoms with Crippen molar-refractivity contribution in [1.29, 1.82) is 0 Å². The summed E-state index contributed by atoms with van der Waals surface area (Å²) >= 11 is 0. The Labute approximate surface area is 144 Å². The number of nitrogens with two attached hydrogens (primary N) is 1. The minimum Gasteiger partial charge on any atom is -0.496 e.